The third-order valence-corrected chi connectivity index (χ3v) is 9.35. The minimum absolute atomic E-state index is 0.0744. The number of hydrogen-bond acceptors (Lipinski definition) is 6. The van der Waals surface area contributed by atoms with Gasteiger partial charge in [-0.15, -0.1) is 0 Å². The molecule has 4 rings (SSSR count). The Labute approximate surface area is 212 Å². The number of halogens is 4. The van der Waals surface area contributed by atoms with Crippen LogP contribution in [0.25, 0.3) is 0 Å². The summed E-state index contributed by atoms with van der Waals surface area (Å²) in [6, 6.07) is 10.8. The number of rotatable bonds is 5. The number of nitrogens with zero attached hydrogens (tertiary/aromatic N) is 2. The number of benzene rings is 2. The van der Waals surface area contributed by atoms with Gasteiger partial charge in [0.2, 0.25) is 0 Å². The Morgan fingerprint density at radius 3 is 2.26 bits per heavy atom. The van der Waals surface area contributed by atoms with Crippen molar-refractivity contribution in [3.05, 3.63) is 57.2 Å². The second kappa shape index (κ2) is 9.97. The van der Waals surface area contributed by atoms with E-state index in [2.05, 4.69) is 10.3 Å². The van der Waals surface area contributed by atoms with Crippen molar-refractivity contribution in [3.63, 3.8) is 0 Å². The minimum atomic E-state index is -4.49. The van der Waals surface area contributed by atoms with E-state index >= 15 is 0 Å². The molecule has 188 valence electrons. The highest BCUT2D eigenvalue weighted by molar-refractivity contribution is 14.2. The second-order valence-electron chi connectivity index (χ2n) is 8.53. The quantitative estimate of drug-likeness (QED) is 0.362. The molecule has 0 saturated heterocycles. The van der Waals surface area contributed by atoms with Crippen LogP contribution >= 0.6 is 27.9 Å². The fraction of sp³-hybridized carbons (Fsp3) is 0.333. The van der Waals surface area contributed by atoms with Crippen molar-refractivity contribution in [1.82, 2.24) is 4.90 Å². The highest BCUT2D eigenvalue weighted by Crippen LogP contribution is 2.38. The molecule has 0 fully saturated rings. The minimum Gasteiger partial charge on any atom is -0.493 e. The van der Waals surface area contributed by atoms with E-state index in [0.29, 0.717) is 33.9 Å². The van der Waals surface area contributed by atoms with Crippen molar-refractivity contribution in [2.45, 2.75) is 19.1 Å². The maximum absolute atomic E-state index is 13.9. The molecule has 0 aliphatic carbocycles. The van der Waals surface area contributed by atoms with Gasteiger partial charge in [0.1, 0.15) is 18.6 Å². The number of amidine groups is 1. The summed E-state index contributed by atoms with van der Waals surface area (Å²) >= 11 is -1.11. The Morgan fingerprint density at radius 2 is 1.69 bits per heavy atom. The Bertz CT molecular complexity index is 1270. The summed E-state index contributed by atoms with van der Waals surface area (Å²) in [5.74, 6) is 1.07. The van der Waals surface area contributed by atoms with Crippen molar-refractivity contribution in [1.29, 1.82) is 0 Å². The van der Waals surface area contributed by atoms with Crippen LogP contribution in [0.3, 0.4) is 0 Å². The summed E-state index contributed by atoms with van der Waals surface area (Å²) in [5, 5.41) is 3.91. The molecule has 11 heteroatoms. The Balaban J connectivity index is 1.63. The molecule has 2 heterocycles. The lowest BCUT2D eigenvalue weighted by atomic mass is 9.98. The number of nitrogens with one attached hydrogen (secondary N) is 1. The summed E-state index contributed by atoms with van der Waals surface area (Å²) < 4.78 is 66.6. The van der Waals surface area contributed by atoms with Crippen LogP contribution in [-0.2, 0) is 17.5 Å². The zero-order valence-electron chi connectivity index (χ0n) is 19.7. The number of methoxy groups -OCH3 is 2. The van der Waals surface area contributed by atoms with Crippen molar-refractivity contribution >= 4 is 48.5 Å². The highest BCUT2D eigenvalue weighted by atomic mass is 127. The third kappa shape index (κ3) is 5.74. The summed E-state index contributed by atoms with van der Waals surface area (Å²) in [4.78, 5) is 6.14. The van der Waals surface area contributed by atoms with Crippen LogP contribution in [0, 0.1) is 0 Å². The summed E-state index contributed by atoms with van der Waals surface area (Å²) in [6.07, 6.45) is -3.93. The molecule has 0 amide bonds. The zero-order chi connectivity index (χ0) is 25.4. The van der Waals surface area contributed by atoms with Gasteiger partial charge in [0.15, 0.2) is 15.3 Å². The molecule has 1 N–H and O–H groups in total. The van der Waals surface area contributed by atoms with Crippen LogP contribution < -0.4 is 20.1 Å². The predicted octanol–water partition coefficient (Wildman–Crippen LogP) is 5.34. The van der Waals surface area contributed by atoms with Crippen LogP contribution in [-0.4, -0.2) is 54.8 Å². The maximum atomic E-state index is 13.9. The lowest BCUT2D eigenvalue weighted by Crippen LogP contribution is -2.41. The molecule has 0 spiro atoms. The summed E-state index contributed by atoms with van der Waals surface area (Å²) in [7, 11) is 0.700. The molecule has 35 heavy (non-hydrogen) atoms. The van der Waals surface area contributed by atoms with Gasteiger partial charge in [0, 0.05) is 24.1 Å². The number of ether oxygens (including phenoxy) is 2. The van der Waals surface area contributed by atoms with Gasteiger partial charge in [0.05, 0.1) is 14.2 Å². The Kier molecular flexibility index (Phi) is 7.33. The molecule has 2 aromatic rings. The van der Waals surface area contributed by atoms with E-state index in [9.17, 15) is 17.7 Å². The van der Waals surface area contributed by atoms with E-state index < -0.39 is 39.6 Å². The number of hydrogen-bond donors (Lipinski definition) is 1. The number of fused-ring (bicyclic) bond motifs is 1. The van der Waals surface area contributed by atoms with Gasteiger partial charge in [-0.05, 0) is 92.1 Å². The topological polar surface area (TPSA) is 63.2 Å². The van der Waals surface area contributed by atoms with Crippen molar-refractivity contribution < 1.29 is 27.2 Å². The fourth-order valence-corrected chi connectivity index (χ4v) is 6.84. The molecular weight excluding hydrogens is 593 g/mol. The fourth-order valence-electron chi connectivity index (χ4n) is 3.90. The first kappa shape index (κ1) is 25.8. The molecule has 0 radical (unpaired) electrons. The largest absolute Gasteiger partial charge is 0.493 e. The normalized spacial score (nSPS) is 16.3. The van der Waals surface area contributed by atoms with E-state index in [1.165, 1.54) is 11.2 Å². The lowest BCUT2D eigenvalue weighted by molar-refractivity contribution is -0.0867. The van der Waals surface area contributed by atoms with Crippen LogP contribution in [0.5, 0.6) is 11.5 Å². The Hall–Kier alpha value is -2.33. The number of aliphatic imine (C=N–C) groups is 1. The molecule has 0 saturated carbocycles. The SMILES string of the molecule is COc1cc2c(cc1OC)CN(C1=NC(Nc3ccc(P(C)(C)=O)cc3)=IC=C1C(F)(F)F)CC2. The average Bonchev–Trinajstić information content (AvgIpc) is 2.81. The molecule has 0 unspecified atom stereocenters. The molecule has 6 nitrogen and oxygen atoms in total. The molecule has 0 atom stereocenters. The van der Waals surface area contributed by atoms with E-state index in [1.807, 2.05) is 12.1 Å². The first-order valence-corrected chi connectivity index (χ1v) is 15.7. The third-order valence-electron chi connectivity index (χ3n) is 5.77. The predicted molar refractivity (Wildman–Crippen MR) is 143 cm³/mol. The number of anilines is 1. The lowest BCUT2D eigenvalue weighted by Gasteiger charge is -2.34. The highest BCUT2D eigenvalue weighted by Gasteiger charge is 2.41. The smallest absolute Gasteiger partial charge is 0.420 e. The van der Waals surface area contributed by atoms with Gasteiger partial charge in [-0.1, -0.05) is 0 Å². The maximum Gasteiger partial charge on any atom is 0.420 e. The standard InChI is InChI=1S/C24H26F3IN3O3P/c1-33-20-11-15-9-10-31(14-16(15)12-21(20)34-2)22-19(24(25,26)27)13-28-23(30-22)29-17-5-7-18(8-6-17)35(3,4)32/h5-8,11-13H,9-10,14H2,1-4H3,(H,29,30). The summed E-state index contributed by atoms with van der Waals surface area (Å²) in [6.45, 7) is 4.07. The van der Waals surface area contributed by atoms with Gasteiger partial charge in [-0.3, -0.25) is 0 Å². The zero-order valence-corrected chi connectivity index (χ0v) is 22.8. The molecule has 2 aliphatic heterocycles. The van der Waals surface area contributed by atoms with Gasteiger partial charge in [0.25, 0.3) is 0 Å². The van der Waals surface area contributed by atoms with Gasteiger partial charge in [-0.25, -0.2) is 4.99 Å². The number of alkyl halides is 3. The van der Waals surface area contributed by atoms with Gasteiger partial charge >= 0.3 is 6.18 Å². The van der Waals surface area contributed by atoms with Gasteiger partial charge in [-0.2, -0.15) is 13.2 Å². The van der Waals surface area contributed by atoms with Crippen LogP contribution in [0.15, 0.2) is 51.0 Å². The van der Waals surface area contributed by atoms with Gasteiger partial charge < -0.3 is 24.3 Å². The second-order valence-corrected chi connectivity index (χ2v) is 14.0. The first-order valence-electron chi connectivity index (χ1n) is 10.8. The van der Waals surface area contributed by atoms with Crippen molar-refractivity contribution in [2.75, 3.05) is 39.4 Å². The monoisotopic (exact) mass is 619 g/mol. The van der Waals surface area contributed by atoms with Crippen molar-refractivity contribution in [2.24, 2.45) is 4.99 Å². The first-order chi connectivity index (χ1) is 16.5. The van der Waals surface area contributed by atoms with E-state index in [4.69, 9.17) is 9.47 Å². The Morgan fingerprint density at radius 1 is 1.06 bits per heavy atom. The van der Waals surface area contributed by atoms with Crippen LogP contribution in [0.1, 0.15) is 11.1 Å². The molecule has 0 aromatic heterocycles. The molecule has 2 aromatic carbocycles. The van der Waals surface area contributed by atoms with Crippen LogP contribution in [0.4, 0.5) is 18.9 Å². The summed E-state index contributed by atoms with van der Waals surface area (Å²) in [5.41, 5.74) is 1.91. The molecule has 2 aliphatic rings. The van der Waals surface area contributed by atoms with E-state index in [0.717, 1.165) is 16.4 Å². The van der Waals surface area contributed by atoms with E-state index in [1.54, 1.807) is 49.6 Å². The van der Waals surface area contributed by atoms with Crippen LogP contribution in [0.2, 0.25) is 0 Å². The average molecular weight is 619 g/mol. The van der Waals surface area contributed by atoms with E-state index in [-0.39, 0.29) is 12.4 Å². The molecular formula is C24H26F3IN3O3P. The van der Waals surface area contributed by atoms with Crippen molar-refractivity contribution in [3.8, 4) is 11.5 Å². The molecule has 0 bridgehead atoms.